The normalized spacial score (nSPS) is 15.8. The van der Waals surface area contributed by atoms with Crippen LogP contribution in [0, 0.1) is 0 Å². The second kappa shape index (κ2) is 10.5. The second-order valence-corrected chi connectivity index (χ2v) is 9.36. The minimum absolute atomic E-state index is 0.0130. The van der Waals surface area contributed by atoms with Crippen LogP contribution in [0.4, 0.5) is 11.4 Å². The molecule has 2 amide bonds. The molecule has 1 unspecified atom stereocenters. The van der Waals surface area contributed by atoms with Crippen LogP contribution in [-0.2, 0) is 16.0 Å². The number of thiocarbonyl (C=S) groups is 1. The Kier molecular flexibility index (Phi) is 7.42. The fourth-order valence-corrected chi connectivity index (χ4v) is 4.62. The maximum absolute atomic E-state index is 13.4. The predicted octanol–water partition coefficient (Wildman–Crippen LogP) is 5.68. The van der Waals surface area contributed by atoms with Crippen LogP contribution >= 0.6 is 39.7 Å². The molecule has 4 rings (SSSR count). The van der Waals surface area contributed by atoms with Gasteiger partial charge in [0.1, 0.15) is 6.04 Å². The Hall–Kier alpha value is -2.74. The van der Waals surface area contributed by atoms with Crippen molar-refractivity contribution in [2.45, 2.75) is 18.9 Å². The number of carbonyl (C=O) groups excluding carboxylic acids is 2. The van der Waals surface area contributed by atoms with Gasteiger partial charge in [0.25, 0.3) is 5.91 Å². The molecule has 8 heteroatoms. The number of hydrogen-bond donors (Lipinski definition) is 1. The van der Waals surface area contributed by atoms with Crippen LogP contribution in [-0.4, -0.2) is 34.4 Å². The summed E-state index contributed by atoms with van der Waals surface area (Å²) in [5, 5.41) is 3.75. The van der Waals surface area contributed by atoms with E-state index in [-0.39, 0.29) is 18.2 Å². The van der Waals surface area contributed by atoms with Gasteiger partial charge in [0, 0.05) is 21.7 Å². The number of benzene rings is 3. The lowest BCUT2D eigenvalue weighted by Crippen LogP contribution is -2.39. The summed E-state index contributed by atoms with van der Waals surface area (Å²) in [7, 11) is 0. The van der Waals surface area contributed by atoms with Crippen molar-refractivity contribution in [1.29, 1.82) is 0 Å². The number of nitrogens with one attached hydrogen (secondary N) is 1. The third-order valence-corrected chi connectivity index (χ3v) is 6.56. The molecule has 0 bridgehead atoms. The summed E-state index contributed by atoms with van der Waals surface area (Å²) in [5.74, 6) is -0.489. The van der Waals surface area contributed by atoms with Gasteiger partial charge in [-0.3, -0.25) is 14.5 Å². The lowest BCUT2D eigenvalue weighted by molar-refractivity contribution is -0.124. The Morgan fingerprint density at radius 2 is 1.76 bits per heavy atom. The SMILES string of the molecule is O=C(CC1C(=O)N(c2cccc(Cl)c2)C(=S)N1CCc1ccccc1)Nc1ccc(Br)cc1. The summed E-state index contributed by atoms with van der Waals surface area (Å²) in [5.41, 5.74) is 2.39. The summed E-state index contributed by atoms with van der Waals surface area (Å²) in [4.78, 5) is 29.6. The fourth-order valence-electron chi connectivity index (χ4n) is 3.76. The molecule has 0 saturated carbocycles. The van der Waals surface area contributed by atoms with Gasteiger partial charge in [0.15, 0.2) is 5.11 Å². The molecule has 168 valence electrons. The first kappa shape index (κ1) is 23.4. The zero-order chi connectivity index (χ0) is 23.4. The van der Waals surface area contributed by atoms with E-state index in [2.05, 4.69) is 21.2 Å². The van der Waals surface area contributed by atoms with Gasteiger partial charge in [0.05, 0.1) is 12.1 Å². The molecule has 3 aromatic rings. The first-order valence-electron chi connectivity index (χ1n) is 10.4. The molecule has 1 N–H and O–H groups in total. The summed E-state index contributed by atoms with van der Waals surface area (Å²) < 4.78 is 0.918. The van der Waals surface area contributed by atoms with Gasteiger partial charge in [0.2, 0.25) is 5.91 Å². The van der Waals surface area contributed by atoms with E-state index in [9.17, 15) is 9.59 Å². The van der Waals surface area contributed by atoms with Crippen molar-refractivity contribution in [3.8, 4) is 0 Å². The van der Waals surface area contributed by atoms with Crippen molar-refractivity contribution >= 4 is 68.1 Å². The van der Waals surface area contributed by atoms with Crippen LogP contribution in [0.1, 0.15) is 12.0 Å². The smallest absolute Gasteiger partial charge is 0.256 e. The molecule has 1 saturated heterocycles. The maximum atomic E-state index is 13.4. The van der Waals surface area contributed by atoms with E-state index >= 15 is 0 Å². The molecular weight excluding hydrogens is 522 g/mol. The monoisotopic (exact) mass is 541 g/mol. The van der Waals surface area contributed by atoms with E-state index in [1.54, 1.807) is 36.4 Å². The minimum atomic E-state index is -0.698. The summed E-state index contributed by atoms with van der Waals surface area (Å²) in [6.07, 6.45) is 0.684. The highest BCUT2D eigenvalue weighted by Crippen LogP contribution is 2.29. The van der Waals surface area contributed by atoms with Crippen molar-refractivity contribution in [3.63, 3.8) is 0 Å². The molecule has 0 radical (unpaired) electrons. The molecule has 1 aliphatic heterocycles. The molecule has 3 aromatic carbocycles. The van der Waals surface area contributed by atoms with Crippen LogP contribution < -0.4 is 10.2 Å². The number of amides is 2. The predicted molar refractivity (Wildman–Crippen MR) is 140 cm³/mol. The third-order valence-electron chi connectivity index (χ3n) is 5.38. The second-order valence-electron chi connectivity index (χ2n) is 7.64. The molecule has 5 nitrogen and oxygen atoms in total. The minimum Gasteiger partial charge on any atom is -0.336 e. The molecule has 1 fully saturated rings. The molecule has 1 heterocycles. The Bertz CT molecular complexity index is 1170. The van der Waals surface area contributed by atoms with Crippen molar-refractivity contribution < 1.29 is 9.59 Å². The number of carbonyl (C=O) groups is 2. The van der Waals surface area contributed by atoms with Gasteiger partial charge in [-0.1, -0.05) is 63.9 Å². The molecule has 33 heavy (non-hydrogen) atoms. The highest BCUT2D eigenvalue weighted by molar-refractivity contribution is 9.10. The number of halogens is 2. The van der Waals surface area contributed by atoms with Crippen LogP contribution in [0.25, 0.3) is 0 Å². The molecule has 0 spiro atoms. The lowest BCUT2D eigenvalue weighted by Gasteiger charge is -2.24. The van der Waals surface area contributed by atoms with Gasteiger partial charge < -0.3 is 10.2 Å². The fraction of sp³-hybridized carbons (Fsp3) is 0.160. The topological polar surface area (TPSA) is 52.7 Å². The zero-order valence-corrected chi connectivity index (χ0v) is 20.7. The van der Waals surface area contributed by atoms with Crippen LogP contribution in [0.3, 0.4) is 0 Å². The maximum Gasteiger partial charge on any atom is 0.256 e. The van der Waals surface area contributed by atoms with Gasteiger partial charge >= 0.3 is 0 Å². The van der Waals surface area contributed by atoms with E-state index < -0.39 is 6.04 Å². The number of anilines is 2. The average molecular weight is 543 g/mol. The molecular formula is C25H21BrClN3O2S. The van der Waals surface area contributed by atoms with Crippen molar-refractivity contribution in [2.24, 2.45) is 0 Å². The Morgan fingerprint density at radius 1 is 1.03 bits per heavy atom. The largest absolute Gasteiger partial charge is 0.336 e. The molecule has 1 aliphatic rings. The lowest BCUT2D eigenvalue weighted by atomic mass is 10.1. The highest BCUT2D eigenvalue weighted by atomic mass is 79.9. The third kappa shape index (κ3) is 5.61. The van der Waals surface area contributed by atoms with Gasteiger partial charge in [-0.2, -0.15) is 0 Å². The van der Waals surface area contributed by atoms with E-state index in [0.717, 1.165) is 10.0 Å². The van der Waals surface area contributed by atoms with Crippen molar-refractivity contribution in [1.82, 2.24) is 4.90 Å². The molecule has 0 aliphatic carbocycles. The van der Waals surface area contributed by atoms with Crippen LogP contribution in [0.2, 0.25) is 5.02 Å². The standard InChI is InChI=1S/C25H21BrClN3O2S/c26-18-9-11-20(12-10-18)28-23(31)16-22-24(32)30(21-8-4-7-19(27)15-21)25(33)29(22)14-13-17-5-2-1-3-6-17/h1-12,15,22H,13-14,16H2,(H,28,31). The number of nitrogens with zero attached hydrogens (tertiary/aromatic N) is 2. The van der Waals surface area contributed by atoms with Gasteiger partial charge in [-0.05, 0) is 66.7 Å². The number of rotatable bonds is 7. The Labute approximate surface area is 211 Å². The Balaban J connectivity index is 1.56. The van der Waals surface area contributed by atoms with Crippen molar-refractivity contribution in [3.05, 3.63) is 93.9 Å². The van der Waals surface area contributed by atoms with E-state index in [4.69, 9.17) is 23.8 Å². The number of hydrogen-bond acceptors (Lipinski definition) is 3. The van der Waals surface area contributed by atoms with E-state index in [0.29, 0.717) is 34.5 Å². The highest BCUT2D eigenvalue weighted by Gasteiger charge is 2.43. The van der Waals surface area contributed by atoms with Crippen molar-refractivity contribution in [2.75, 3.05) is 16.8 Å². The van der Waals surface area contributed by atoms with Gasteiger partial charge in [-0.25, -0.2) is 0 Å². The van der Waals surface area contributed by atoms with E-state index in [1.807, 2.05) is 47.4 Å². The quantitative estimate of drug-likeness (QED) is 0.391. The van der Waals surface area contributed by atoms with Crippen LogP contribution in [0.15, 0.2) is 83.3 Å². The molecule has 0 aromatic heterocycles. The average Bonchev–Trinajstić information content (AvgIpc) is 3.03. The van der Waals surface area contributed by atoms with E-state index in [1.165, 1.54) is 4.90 Å². The van der Waals surface area contributed by atoms with Crippen LogP contribution in [0.5, 0.6) is 0 Å². The first-order valence-corrected chi connectivity index (χ1v) is 12.0. The summed E-state index contributed by atoms with van der Waals surface area (Å²) >= 11 is 15.2. The van der Waals surface area contributed by atoms with Gasteiger partial charge in [-0.15, -0.1) is 0 Å². The summed E-state index contributed by atoms with van der Waals surface area (Å²) in [6, 6.07) is 23.6. The zero-order valence-electron chi connectivity index (χ0n) is 17.6. The summed E-state index contributed by atoms with van der Waals surface area (Å²) in [6.45, 7) is 0.516. The first-order chi connectivity index (χ1) is 15.9. The Morgan fingerprint density at radius 3 is 2.45 bits per heavy atom. The molecule has 1 atom stereocenters.